The van der Waals surface area contributed by atoms with Crippen LogP contribution in [0.5, 0.6) is 5.75 Å². The van der Waals surface area contributed by atoms with Crippen molar-refractivity contribution in [2.24, 2.45) is 0 Å². The maximum absolute atomic E-state index is 12.9. The van der Waals surface area contributed by atoms with Crippen LogP contribution in [-0.4, -0.2) is 43.1 Å². The largest absolute Gasteiger partial charge is 0.497 e. The molecule has 2 N–H and O–H groups in total. The highest BCUT2D eigenvalue weighted by Gasteiger charge is 2.43. The van der Waals surface area contributed by atoms with Gasteiger partial charge in [0.25, 0.3) is 0 Å². The molecule has 0 radical (unpaired) electrons. The number of cyclic esters (lactones) is 1. The van der Waals surface area contributed by atoms with Crippen molar-refractivity contribution in [3.05, 3.63) is 76.0 Å². The van der Waals surface area contributed by atoms with Crippen molar-refractivity contribution < 1.29 is 23.9 Å². The first-order valence-electron chi connectivity index (χ1n) is 10.3. The molecule has 0 saturated heterocycles. The topological polar surface area (TPSA) is 97.0 Å². The summed E-state index contributed by atoms with van der Waals surface area (Å²) in [6, 6.07) is 12.2. The molecular formula is C24H25N3O5. The molecule has 32 heavy (non-hydrogen) atoms. The van der Waals surface area contributed by atoms with Gasteiger partial charge in [0.2, 0.25) is 5.91 Å². The minimum Gasteiger partial charge on any atom is -0.497 e. The Morgan fingerprint density at radius 3 is 2.66 bits per heavy atom. The van der Waals surface area contributed by atoms with Crippen molar-refractivity contribution in [2.75, 3.05) is 20.3 Å². The first kappa shape index (κ1) is 21.4. The number of carbonyl (C=O) groups excluding carboxylic acids is 3. The number of ether oxygens (including phenoxy) is 2. The molecule has 0 bridgehead atoms. The number of methoxy groups -OCH3 is 1. The number of amides is 3. The number of nitrogens with zero attached hydrogens (tertiary/aromatic N) is 1. The fourth-order valence-electron chi connectivity index (χ4n) is 3.93. The third kappa shape index (κ3) is 4.16. The lowest BCUT2D eigenvalue weighted by Gasteiger charge is -2.33. The molecule has 0 spiro atoms. The Morgan fingerprint density at radius 2 is 1.94 bits per heavy atom. The Bertz CT molecular complexity index is 1110. The monoisotopic (exact) mass is 435 g/mol. The van der Waals surface area contributed by atoms with Gasteiger partial charge in [0.1, 0.15) is 18.9 Å². The van der Waals surface area contributed by atoms with Crippen molar-refractivity contribution >= 4 is 17.9 Å². The average Bonchev–Trinajstić information content (AvgIpc) is 3.17. The highest BCUT2D eigenvalue weighted by atomic mass is 16.5. The lowest BCUT2D eigenvalue weighted by Crippen LogP contribution is -2.50. The van der Waals surface area contributed by atoms with E-state index in [1.54, 1.807) is 7.11 Å². The van der Waals surface area contributed by atoms with E-state index in [1.165, 1.54) is 4.90 Å². The van der Waals surface area contributed by atoms with Crippen LogP contribution in [0.3, 0.4) is 0 Å². The maximum Gasteiger partial charge on any atom is 0.338 e. The van der Waals surface area contributed by atoms with Crippen LogP contribution in [0.25, 0.3) is 0 Å². The molecule has 0 aromatic heterocycles. The maximum atomic E-state index is 12.9. The second kappa shape index (κ2) is 8.74. The highest BCUT2D eigenvalue weighted by Crippen LogP contribution is 2.36. The molecule has 0 saturated carbocycles. The van der Waals surface area contributed by atoms with Gasteiger partial charge in [-0.25, -0.2) is 9.59 Å². The number of esters is 1. The number of benzene rings is 2. The Labute approximate surface area is 186 Å². The van der Waals surface area contributed by atoms with Crippen LogP contribution in [-0.2, 0) is 20.9 Å². The molecule has 0 fully saturated rings. The lowest BCUT2D eigenvalue weighted by atomic mass is 9.91. The van der Waals surface area contributed by atoms with E-state index < -0.39 is 18.0 Å². The summed E-state index contributed by atoms with van der Waals surface area (Å²) in [5, 5.41) is 5.68. The van der Waals surface area contributed by atoms with Crippen molar-refractivity contribution in [3.63, 3.8) is 0 Å². The van der Waals surface area contributed by atoms with Gasteiger partial charge in [-0.2, -0.15) is 0 Å². The van der Waals surface area contributed by atoms with Crippen LogP contribution in [0.1, 0.15) is 28.3 Å². The van der Waals surface area contributed by atoms with E-state index in [-0.39, 0.29) is 19.1 Å². The number of rotatable bonds is 6. The molecule has 8 nitrogen and oxygen atoms in total. The van der Waals surface area contributed by atoms with E-state index >= 15 is 0 Å². The summed E-state index contributed by atoms with van der Waals surface area (Å²) in [6.07, 6.45) is 0. The van der Waals surface area contributed by atoms with Gasteiger partial charge < -0.3 is 20.1 Å². The smallest absolute Gasteiger partial charge is 0.338 e. The molecule has 2 aromatic carbocycles. The Morgan fingerprint density at radius 1 is 1.19 bits per heavy atom. The molecular weight excluding hydrogens is 410 g/mol. The van der Waals surface area contributed by atoms with Gasteiger partial charge in [-0.1, -0.05) is 35.9 Å². The van der Waals surface area contributed by atoms with Crippen molar-refractivity contribution in [2.45, 2.75) is 26.4 Å². The van der Waals surface area contributed by atoms with Gasteiger partial charge in [0.15, 0.2) is 0 Å². The third-order valence-electron chi connectivity index (χ3n) is 5.69. The highest BCUT2D eigenvalue weighted by molar-refractivity contribution is 5.98. The minimum atomic E-state index is -0.606. The number of hydrogen-bond donors (Lipinski definition) is 2. The zero-order chi connectivity index (χ0) is 22.8. The van der Waals surface area contributed by atoms with E-state index in [0.29, 0.717) is 17.8 Å². The predicted octanol–water partition coefficient (Wildman–Crippen LogP) is 2.51. The third-order valence-corrected chi connectivity index (χ3v) is 5.69. The summed E-state index contributed by atoms with van der Waals surface area (Å²) in [5.41, 5.74) is 4.53. The van der Waals surface area contributed by atoms with Crippen molar-refractivity contribution in [1.82, 2.24) is 15.5 Å². The molecule has 2 aliphatic heterocycles. The average molecular weight is 435 g/mol. The Hall–Kier alpha value is -3.81. The summed E-state index contributed by atoms with van der Waals surface area (Å²) in [4.78, 5) is 39.3. The molecule has 3 amide bonds. The molecule has 1 atom stereocenters. The minimum absolute atomic E-state index is 0.0330. The number of aryl methyl sites for hydroxylation is 2. The van der Waals surface area contributed by atoms with Crippen LogP contribution in [0.15, 0.2) is 53.7 Å². The summed E-state index contributed by atoms with van der Waals surface area (Å²) in [6.45, 7) is 3.95. The SMILES string of the molecule is COc1ccc(CNC(=O)CN2C(=O)N[C@@H](c3cc(C)ccc3C)C3=C2COC3=O)cc1. The van der Waals surface area contributed by atoms with E-state index in [2.05, 4.69) is 10.6 Å². The zero-order valence-corrected chi connectivity index (χ0v) is 18.2. The summed E-state index contributed by atoms with van der Waals surface area (Å²) < 4.78 is 10.4. The Balaban J connectivity index is 1.52. The van der Waals surface area contributed by atoms with Crippen LogP contribution in [0, 0.1) is 13.8 Å². The van der Waals surface area contributed by atoms with Gasteiger partial charge in [0.05, 0.1) is 24.4 Å². The van der Waals surface area contributed by atoms with Gasteiger partial charge in [-0.15, -0.1) is 0 Å². The first-order chi connectivity index (χ1) is 15.4. The molecule has 2 heterocycles. The van der Waals surface area contributed by atoms with Crippen LogP contribution in [0.2, 0.25) is 0 Å². The van der Waals surface area contributed by atoms with Crippen molar-refractivity contribution in [1.29, 1.82) is 0 Å². The van der Waals surface area contributed by atoms with E-state index in [9.17, 15) is 14.4 Å². The molecule has 8 heteroatoms. The fourth-order valence-corrected chi connectivity index (χ4v) is 3.93. The van der Waals surface area contributed by atoms with Gasteiger partial charge in [-0.05, 0) is 42.7 Å². The normalized spacial score (nSPS) is 17.6. The summed E-state index contributed by atoms with van der Waals surface area (Å²) in [5.74, 6) is -0.0873. The van der Waals surface area contributed by atoms with Gasteiger partial charge >= 0.3 is 12.0 Å². The van der Waals surface area contributed by atoms with Crippen molar-refractivity contribution in [3.8, 4) is 5.75 Å². The molecule has 0 unspecified atom stereocenters. The summed E-state index contributed by atoms with van der Waals surface area (Å²) in [7, 11) is 1.59. The van der Waals surface area contributed by atoms with E-state index in [4.69, 9.17) is 9.47 Å². The number of carbonyl (C=O) groups is 3. The quantitative estimate of drug-likeness (QED) is 0.680. The second-order valence-electron chi connectivity index (χ2n) is 7.89. The fraction of sp³-hybridized carbons (Fsp3) is 0.292. The zero-order valence-electron chi connectivity index (χ0n) is 18.2. The standard InChI is InChI=1S/C24H25N3O5/c1-14-4-5-15(2)18(10-14)22-21-19(13-32-23(21)29)27(24(30)26-22)12-20(28)25-11-16-6-8-17(31-3)9-7-16/h4-10,22H,11-13H2,1-3H3,(H,25,28)(H,26,30)/t22-/m0/s1. The number of nitrogens with one attached hydrogen (secondary N) is 2. The molecule has 4 rings (SSSR count). The number of urea groups is 1. The number of hydrogen-bond acceptors (Lipinski definition) is 5. The van der Waals surface area contributed by atoms with Gasteiger partial charge in [-0.3, -0.25) is 9.69 Å². The Kier molecular flexibility index (Phi) is 5.85. The predicted molar refractivity (Wildman–Crippen MR) is 117 cm³/mol. The molecule has 2 aliphatic rings. The summed E-state index contributed by atoms with van der Waals surface area (Å²) >= 11 is 0. The second-order valence-corrected chi connectivity index (χ2v) is 7.89. The molecule has 166 valence electrons. The molecule has 0 aliphatic carbocycles. The molecule has 2 aromatic rings. The van der Waals surface area contributed by atoms with Crippen LogP contribution >= 0.6 is 0 Å². The van der Waals surface area contributed by atoms with E-state index in [0.717, 1.165) is 28.0 Å². The van der Waals surface area contributed by atoms with E-state index in [1.807, 2.05) is 56.3 Å². The van der Waals surface area contributed by atoms with Gasteiger partial charge in [0, 0.05) is 6.54 Å². The van der Waals surface area contributed by atoms with Crippen LogP contribution < -0.4 is 15.4 Å². The lowest BCUT2D eigenvalue weighted by molar-refractivity contribution is -0.136. The first-order valence-corrected chi connectivity index (χ1v) is 10.3. The van der Waals surface area contributed by atoms with Crippen LogP contribution in [0.4, 0.5) is 4.79 Å².